The number of aliphatic hydroxyl groups excluding tert-OH is 1. The number of hydrogen-bond donors (Lipinski definition) is 2. The van der Waals surface area contributed by atoms with Crippen LogP contribution >= 0.6 is 11.6 Å². The highest BCUT2D eigenvalue weighted by Crippen LogP contribution is 2.25. The first-order chi connectivity index (χ1) is 9.24. The highest BCUT2D eigenvalue weighted by molar-refractivity contribution is 6.31. The van der Waals surface area contributed by atoms with Gasteiger partial charge in [0.25, 0.3) is 0 Å². The lowest BCUT2D eigenvalue weighted by Gasteiger charge is -2.19. The molecule has 0 aliphatic carbocycles. The van der Waals surface area contributed by atoms with Gasteiger partial charge in [-0.25, -0.2) is 0 Å². The number of nitrogens with zero attached hydrogens (tertiary/aromatic N) is 1. The van der Waals surface area contributed by atoms with Crippen molar-refractivity contribution in [1.29, 1.82) is 0 Å². The summed E-state index contributed by atoms with van der Waals surface area (Å²) in [5, 5.41) is 14.1. The molecule has 1 heterocycles. The lowest BCUT2D eigenvalue weighted by molar-refractivity contribution is 0.170. The summed E-state index contributed by atoms with van der Waals surface area (Å²) in [5.74, 6) is 0. The number of ether oxygens (including phenoxy) is 1. The third-order valence-electron chi connectivity index (χ3n) is 2.91. The molecule has 1 unspecified atom stereocenters. The number of aliphatic hydroxyl groups is 1. The normalized spacial score (nSPS) is 12.6. The first-order valence-electron chi connectivity index (χ1n) is 6.15. The van der Waals surface area contributed by atoms with Crippen molar-refractivity contribution in [1.82, 2.24) is 4.98 Å². The SMILES string of the molecule is COCC(CCO)Nc1ccnc2cc(Cl)ccc12. The Hall–Kier alpha value is -1.36. The standard InChI is InChI=1S/C14H17ClN2O2/c1-19-9-11(5-7-18)17-13-4-6-16-14-8-10(15)2-3-12(13)14/h2-4,6,8,11,18H,5,7,9H2,1H3,(H,16,17). The van der Waals surface area contributed by atoms with Gasteiger partial charge in [0.15, 0.2) is 0 Å². The fourth-order valence-corrected chi connectivity index (χ4v) is 2.19. The van der Waals surface area contributed by atoms with Gasteiger partial charge >= 0.3 is 0 Å². The lowest BCUT2D eigenvalue weighted by Crippen LogP contribution is -2.26. The fraction of sp³-hybridized carbons (Fsp3) is 0.357. The largest absolute Gasteiger partial charge is 0.396 e. The molecule has 5 heteroatoms. The van der Waals surface area contributed by atoms with Gasteiger partial charge in [0.1, 0.15) is 0 Å². The summed E-state index contributed by atoms with van der Waals surface area (Å²) in [6.45, 7) is 0.661. The number of rotatable bonds is 6. The molecule has 0 aliphatic heterocycles. The minimum absolute atomic E-state index is 0.0660. The number of fused-ring (bicyclic) bond motifs is 1. The van der Waals surface area contributed by atoms with Crippen LogP contribution < -0.4 is 5.32 Å². The first kappa shape index (κ1) is 14.1. The van der Waals surface area contributed by atoms with Gasteiger partial charge in [-0.05, 0) is 30.7 Å². The Kier molecular flexibility index (Phi) is 4.96. The molecule has 1 atom stereocenters. The maximum absolute atomic E-state index is 9.07. The second-order valence-electron chi connectivity index (χ2n) is 4.33. The summed E-state index contributed by atoms with van der Waals surface area (Å²) in [7, 11) is 1.65. The van der Waals surface area contributed by atoms with Crippen LogP contribution in [0.4, 0.5) is 5.69 Å². The molecule has 19 heavy (non-hydrogen) atoms. The smallest absolute Gasteiger partial charge is 0.0737 e. The van der Waals surface area contributed by atoms with E-state index in [2.05, 4.69) is 10.3 Å². The van der Waals surface area contributed by atoms with Gasteiger partial charge in [-0.2, -0.15) is 0 Å². The third-order valence-corrected chi connectivity index (χ3v) is 3.14. The van der Waals surface area contributed by atoms with Crippen molar-refractivity contribution in [3.8, 4) is 0 Å². The lowest BCUT2D eigenvalue weighted by atomic mass is 10.1. The molecule has 0 bridgehead atoms. The molecule has 0 spiro atoms. The third kappa shape index (κ3) is 3.56. The second kappa shape index (κ2) is 6.70. The summed E-state index contributed by atoms with van der Waals surface area (Å²) < 4.78 is 5.15. The molecule has 2 rings (SSSR count). The quantitative estimate of drug-likeness (QED) is 0.854. The molecule has 0 aliphatic rings. The monoisotopic (exact) mass is 280 g/mol. The van der Waals surface area contributed by atoms with E-state index >= 15 is 0 Å². The molecule has 0 radical (unpaired) electrons. The van der Waals surface area contributed by atoms with E-state index in [9.17, 15) is 0 Å². The van der Waals surface area contributed by atoms with Crippen molar-refractivity contribution < 1.29 is 9.84 Å². The van der Waals surface area contributed by atoms with Gasteiger partial charge in [-0.1, -0.05) is 11.6 Å². The number of pyridine rings is 1. The first-order valence-corrected chi connectivity index (χ1v) is 6.53. The molecule has 102 valence electrons. The number of hydrogen-bond acceptors (Lipinski definition) is 4. The van der Waals surface area contributed by atoms with Crippen LogP contribution in [-0.2, 0) is 4.74 Å². The fourth-order valence-electron chi connectivity index (χ4n) is 2.02. The van der Waals surface area contributed by atoms with Crippen LogP contribution in [0, 0.1) is 0 Å². The van der Waals surface area contributed by atoms with E-state index in [0.29, 0.717) is 18.1 Å². The molecular formula is C14H17ClN2O2. The van der Waals surface area contributed by atoms with Crippen molar-refractivity contribution in [2.75, 3.05) is 25.6 Å². The van der Waals surface area contributed by atoms with Crippen LogP contribution in [0.2, 0.25) is 5.02 Å². The van der Waals surface area contributed by atoms with Crippen LogP contribution in [0.1, 0.15) is 6.42 Å². The maximum Gasteiger partial charge on any atom is 0.0737 e. The topological polar surface area (TPSA) is 54.4 Å². The molecule has 0 amide bonds. The summed E-state index contributed by atoms with van der Waals surface area (Å²) in [6, 6.07) is 7.59. The number of benzene rings is 1. The molecule has 0 fully saturated rings. The van der Waals surface area contributed by atoms with Gasteiger partial charge in [0.2, 0.25) is 0 Å². The van der Waals surface area contributed by atoms with Crippen LogP contribution in [-0.4, -0.2) is 36.5 Å². The van der Waals surface area contributed by atoms with E-state index in [0.717, 1.165) is 16.6 Å². The summed E-state index contributed by atoms with van der Waals surface area (Å²) in [5.41, 5.74) is 1.81. The Morgan fingerprint density at radius 1 is 1.42 bits per heavy atom. The van der Waals surface area contributed by atoms with Gasteiger partial charge in [0, 0.05) is 36.0 Å². The van der Waals surface area contributed by atoms with Crippen LogP contribution in [0.3, 0.4) is 0 Å². The van der Waals surface area contributed by atoms with E-state index in [1.807, 2.05) is 24.3 Å². The van der Waals surface area contributed by atoms with Gasteiger partial charge in [-0.3, -0.25) is 4.98 Å². The minimum Gasteiger partial charge on any atom is -0.396 e. The van der Waals surface area contributed by atoms with Gasteiger partial charge in [-0.15, -0.1) is 0 Å². The zero-order valence-electron chi connectivity index (χ0n) is 10.8. The molecule has 0 saturated carbocycles. The minimum atomic E-state index is 0.0660. The maximum atomic E-state index is 9.07. The average molecular weight is 281 g/mol. The molecule has 2 N–H and O–H groups in total. The van der Waals surface area contributed by atoms with Crippen molar-refractivity contribution in [2.24, 2.45) is 0 Å². The predicted molar refractivity (Wildman–Crippen MR) is 77.7 cm³/mol. The molecule has 1 aromatic heterocycles. The summed E-state index contributed by atoms with van der Waals surface area (Å²) >= 11 is 5.96. The second-order valence-corrected chi connectivity index (χ2v) is 4.77. The molecule has 2 aromatic rings. The Morgan fingerprint density at radius 2 is 2.26 bits per heavy atom. The van der Waals surface area contributed by atoms with Crippen molar-refractivity contribution in [2.45, 2.75) is 12.5 Å². The Bertz CT molecular complexity index is 542. The van der Waals surface area contributed by atoms with Crippen molar-refractivity contribution in [3.05, 3.63) is 35.5 Å². The Morgan fingerprint density at radius 3 is 3.00 bits per heavy atom. The molecular weight excluding hydrogens is 264 g/mol. The van der Waals surface area contributed by atoms with Gasteiger partial charge in [0.05, 0.1) is 18.2 Å². The van der Waals surface area contributed by atoms with Crippen LogP contribution in [0.15, 0.2) is 30.5 Å². The zero-order valence-corrected chi connectivity index (χ0v) is 11.5. The van der Waals surface area contributed by atoms with E-state index in [1.165, 1.54) is 0 Å². The molecule has 0 saturated heterocycles. The van der Waals surface area contributed by atoms with Crippen LogP contribution in [0.25, 0.3) is 10.9 Å². The molecule has 4 nitrogen and oxygen atoms in total. The summed E-state index contributed by atoms with van der Waals surface area (Å²) in [4.78, 5) is 4.30. The van der Waals surface area contributed by atoms with Gasteiger partial charge < -0.3 is 15.2 Å². The zero-order chi connectivity index (χ0) is 13.7. The number of halogens is 1. The Labute approximate surface area is 117 Å². The highest BCUT2D eigenvalue weighted by atomic mass is 35.5. The predicted octanol–water partition coefficient (Wildman–Crippen LogP) is 2.70. The van der Waals surface area contributed by atoms with Crippen molar-refractivity contribution in [3.63, 3.8) is 0 Å². The molecule has 1 aromatic carbocycles. The van der Waals surface area contributed by atoms with E-state index in [1.54, 1.807) is 13.3 Å². The number of nitrogens with one attached hydrogen (secondary N) is 1. The van der Waals surface area contributed by atoms with E-state index in [4.69, 9.17) is 21.4 Å². The van der Waals surface area contributed by atoms with Crippen LogP contribution in [0.5, 0.6) is 0 Å². The number of anilines is 1. The summed E-state index contributed by atoms with van der Waals surface area (Å²) in [6.07, 6.45) is 2.37. The van der Waals surface area contributed by atoms with E-state index in [-0.39, 0.29) is 12.6 Å². The number of aromatic nitrogens is 1. The highest BCUT2D eigenvalue weighted by Gasteiger charge is 2.10. The number of methoxy groups -OCH3 is 1. The average Bonchev–Trinajstić information content (AvgIpc) is 2.39. The van der Waals surface area contributed by atoms with E-state index < -0.39 is 0 Å². The van der Waals surface area contributed by atoms with Crippen molar-refractivity contribution >= 4 is 28.2 Å². The Balaban J connectivity index is 2.28.